The molecule has 0 bridgehead atoms. The van der Waals surface area contributed by atoms with Gasteiger partial charge in [0.1, 0.15) is 10.8 Å². The van der Waals surface area contributed by atoms with Gasteiger partial charge in [-0.2, -0.15) is 0 Å². The van der Waals surface area contributed by atoms with Gasteiger partial charge in [0.05, 0.1) is 23.1 Å². The number of carboxylic acid groups (broad SMARTS) is 1. The maximum Gasteiger partial charge on any atom is 0.338 e. The zero-order valence-electron chi connectivity index (χ0n) is 13.9. The highest BCUT2D eigenvalue weighted by Crippen LogP contribution is 2.34. The van der Waals surface area contributed by atoms with Gasteiger partial charge in [-0.15, -0.1) is 0 Å². The summed E-state index contributed by atoms with van der Waals surface area (Å²) in [5.41, 5.74) is 0.475. The maximum atomic E-state index is 12.7. The van der Waals surface area contributed by atoms with Crippen LogP contribution >= 0.6 is 11.8 Å². The number of ether oxygens (including phenoxy) is 1. The number of amides is 2. The van der Waals surface area contributed by atoms with Gasteiger partial charge in [0, 0.05) is 12.6 Å². The minimum absolute atomic E-state index is 0.00759. The van der Waals surface area contributed by atoms with Crippen molar-refractivity contribution in [1.29, 1.82) is 0 Å². The van der Waals surface area contributed by atoms with E-state index in [1.807, 2.05) is 6.92 Å². The minimum Gasteiger partial charge on any atom is -0.494 e. The highest BCUT2D eigenvalue weighted by Gasteiger charge is 2.40. The Hall–Kier alpha value is -2.87. The summed E-state index contributed by atoms with van der Waals surface area (Å²) in [7, 11) is 0. The van der Waals surface area contributed by atoms with Crippen LogP contribution in [0.2, 0.25) is 0 Å². The van der Waals surface area contributed by atoms with E-state index in [1.165, 1.54) is 18.3 Å². The van der Waals surface area contributed by atoms with Gasteiger partial charge in [-0.1, -0.05) is 11.8 Å². The number of anilines is 1. The molecule has 0 unspecified atom stereocenters. The van der Waals surface area contributed by atoms with Crippen molar-refractivity contribution in [3.63, 3.8) is 0 Å². The van der Waals surface area contributed by atoms with Crippen LogP contribution < -0.4 is 9.64 Å². The standard InChI is InChI=1S/C18H16N2O5S/c1-2-25-12-7-5-11(6-8-12)20-15(21)10-14(17(20)22)26-16-13(18(23)24)4-3-9-19-16/h3-9,14H,2,10H2,1H3,(H,23,24)/t14-/m0/s1. The van der Waals surface area contributed by atoms with E-state index in [4.69, 9.17) is 4.74 Å². The number of hydrogen-bond donors (Lipinski definition) is 1. The number of aromatic nitrogens is 1. The Morgan fingerprint density at radius 1 is 1.31 bits per heavy atom. The summed E-state index contributed by atoms with van der Waals surface area (Å²) >= 11 is 0.999. The van der Waals surface area contributed by atoms with Gasteiger partial charge < -0.3 is 9.84 Å². The predicted molar refractivity (Wildman–Crippen MR) is 95.6 cm³/mol. The monoisotopic (exact) mass is 372 g/mol. The molecular weight excluding hydrogens is 356 g/mol. The molecule has 3 rings (SSSR count). The first-order chi connectivity index (χ1) is 12.5. The number of nitrogens with zero attached hydrogens (tertiary/aromatic N) is 2. The second kappa shape index (κ2) is 7.57. The Morgan fingerprint density at radius 2 is 2.04 bits per heavy atom. The van der Waals surface area contributed by atoms with Crippen molar-refractivity contribution in [2.24, 2.45) is 0 Å². The number of carboxylic acids is 1. The fourth-order valence-corrected chi connectivity index (χ4v) is 3.71. The number of carbonyl (C=O) groups excluding carboxylic acids is 2. The lowest BCUT2D eigenvalue weighted by atomic mass is 10.3. The second-order valence-electron chi connectivity index (χ2n) is 5.47. The first-order valence-corrected chi connectivity index (χ1v) is 8.84. The molecule has 2 aromatic rings. The molecule has 1 aliphatic rings. The Balaban J connectivity index is 1.80. The highest BCUT2D eigenvalue weighted by atomic mass is 32.2. The van der Waals surface area contributed by atoms with Crippen molar-refractivity contribution in [1.82, 2.24) is 4.98 Å². The van der Waals surface area contributed by atoms with Crippen LogP contribution in [0.5, 0.6) is 5.75 Å². The zero-order chi connectivity index (χ0) is 18.7. The summed E-state index contributed by atoms with van der Waals surface area (Å²) in [6.07, 6.45) is 1.45. The SMILES string of the molecule is CCOc1ccc(N2C(=O)C[C@H](Sc3ncccc3C(=O)O)C2=O)cc1. The molecule has 0 spiro atoms. The summed E-state index contributed by atoms with van der Waals surface area (Å²) in [4.78, 5) is 41.5. The fraction of sp³-hybridized carbons (Fsp3) is 0.222. The number of imide groups is 1. The Morgan fingerprint density at radius 3 is 2.69 bits per heavy atom. The number of hydrogen-bond acceptors (Lipinski definition) is 6. The lowest BCUT2D eigenvalue weighted by Crippen LogP contribution is -2.31. The first kappa shape index (κ1) is 17.9. The van der Waals surface area contributed by atoms with E-state index in [0.717, 1.165) is 16.7 Å². The molecule has 0 saturated carbocycles. The topological polar surface area (TPSA) is 96.8 Å². The zero-order valence-corrected chi connectivity index (χ0v) is 14.7. The molecule has 134 valence electrons. The van der Waals surface area contributed by atoms with Crippen LogP contribution in [0.4, 0.5) is 5.69 Å². The maximum absolute atomic E-state index is 12.7. The molecular formula is C18H16N2O5S. The van der Waals surface area contributed by atoms with Gasteiger partial charge in [-0.05, 0) is 43.3 Å². The molecule has 0 radical (unpaired) electrons. The Bertz CT molecular complexity index is 853. The van der Waals surface area contributed by atoms with Crippen LogP contribution in [0, 0.1) is 0 Å². The van der Waals surface area contributed by atoms with E-state index < -0.39 is 11.2 Å². The van der Waals surface area contributed by atoms with Gasteiger partial charge in [-0.25, -0.2) is 14.7 Å². The summed E-state index contributed by atoms with van der Waals surface area (Å²) in [6.45, 7) is 2.39. The summed E-state index contributed by atoms with van der Waals surface area (Å²) in [6, 6.07) is 9.63. The molecule has 1 aromatic heterocycles. The van der Waals surface area contributed by atoms with Crippen LogP contribution in [0.3, 0.4) is 0 Å². The molecule has 1 saturated heterocycles. The molecule has 1 aliphatic heterocycles. The molecule has 2 heterocycles. The van der Waals surface area contributed by atoms with Crippen molar-refractivity contribution in [2.75, 3.05) is 11.5 Å². The molecule has 0 aliphatic carbocycles. The van der Waals surface area contributed by atoms with Crippen molar-refractivity contribution < 1.29 is 24.2 Å². The van der Waals surface area contributed by atoms with E-state index in [0.29, 0.717) is 18.0 Å². The third-order valence-corrected chi connectivity index (χ3v) is 4.97. The van der Waals surface area contributed by atoms with Crippen molar-refractivity contribution in [2.45, 2.75) is 23.6 Å². The average molecular weight is 372 g/mol. The summed E-state index contributed by atoms with van der Waals surface area (Å²) < 4.78 is 5.36. The smallest absolute Gasteiger partial charge is 0.338 e. The Labute approximate surface area is 154 Å². The molecule has 7 nitrogen and oxygen atoms in total. The molecule has 1 atom stereocenters. The molecule has 1 aromatic carbocycles. The van der Waals surface area contributed by atoms with Crippen LogP contribution in [0.25, 0.3) is 0 Å². The van der Waals surface area contributed by atoms with E-state index in [2.05, 4.69) is 4.98 Å². The average Bonchev–Trinajstić information content (AvgIpc) is 2.90. The van der Waals surface area contributed by atoms with Gasteiger partial charge in [0.25, 0.3) is 0 Å². The third-order valence-electron chi connectivity index (χ3n) is 3.77. The van der Waals surface area contributed by atoms with E-state index in [-0.39, 0.29) is 28.8 Å². The number of rotatable bonds is 6. The number of thioether (sulfide) groups is 1. The van der Waals surface area contributed by atoms with Crippen LogP contribution in [0.15, 0.2) is 47.6 Å². The van der Waals surface area contributed by atoms with Gasteiger partial charge in [0.15, 0.2) is 0 Å². The van der Waals surface area contributed by atoms with Crippen molar-refractivity contribution in [3.05, 3.63) is 48.2 Å². The minimum atomic E-state index is -1.12. The first-order valence-electron chi connectivity index (χ1n) is 7.96. The highest BCUT2D eigenvalue weighted by molar-refractivity contribution is 8.00. The van der Waals surface area contributed by atoms with E-state index >= 15 is 0 Å². The molecule has 8 heteroatoms. The van der Waals surface area contributed by atoms with Crippen molar-refractivity contribution >= 4 is 35.2 Å². The van der Waals surface area contributed by atoms with Crippen LogP contribution in [-0.2, 0) is 9.59 Å². The third kappa shape index (κ3) is 3.55. The van der Waals surface area contributed by atoms with Crippen molar-refractivity contribution in [3.8, 4) is 5.75 Å². The largest absolute Gasteiger partial charge is 0.494 e. The molecule has 2 amide bonds. The van der Waals surface area contributed by atoms with E-state index in [9.17, 15) is 19.5 Å². The number of carbonyl (C=O) groups is 3. The molecule has 1 N–H and O–H groups in total. The van der Waals surface area contributed by atoms with Gasteiger partial charge in [0.2, 0.25) is 11.8 Å². The normalized spacial score (nSPS) is 16.8. The Kier molecular flexibility index (Phi) is 5.22. The predicted octanol–water partition coefficient (Wildman–Crippen LogP) is 2.60. The number of benzene rings is 1. The van der Waals surface area contributed by atoms with Crippen LogP contribution in [0.1, 0.15) is 23.7 Å². The summed E-state index contributed by atoms with van der Waals surface area (Å²) in [5.74, 6) is -1.18. The molecule has 1 fully saturated rings. The summed E-state index contributed by atoms with van der Waals surface area (Å²) in [5, 5.41) is 8.75. The lowest BCUT2D eigenvalue weighted by molar-refractivity contribution is -0.121. The second-order valence-corrected chi connectivity index (χ2v) is 6.66. The fourth-order valence-electron chi connectivity index (χ4n) is 2.61. The molecule has 26 heavy (non-hydrogen) atoms. The van der Waals surface area contributed by atoms with Gasteiger partial charge >= 0.3 is 5.97 Å². The van der Waals surface area contributed by atoms with Crippen LogP contribution in [-0.4, -0.2) is 39.7 Å². The quantitative estimate of drug-likeness (QED) is 0.779. The van der Waals surface area contributed by atoms with Gasteiger partial charge in [-0.3, -0.25) is 9.59 Å². The number of pyridine rings is 1. The lowest BCUT2D eigenvalue weighted by Gasteiger charge is -2.15. The number of aromatic carboxylic acids is 1. The van der Waals surface area contributed by atoms with E-state index in [1.54, 1.807) is 24.3 Å².